The molecule has 0 radical (unpaired) electrons. The monoisotopic (exact) mass is 568 g/mol. The second-order valence-corrected chi connectivity index (χ2v) is 16.3. The molecule has 0 spiro atoms. The lowest BCUT2D eigenvalue weighted by atomic mass is 10.0. The molecule has 0 bridgehead atoms. The molecule has 4 N–H and O–H groups in total. The molecule has 0 atom stereocenters. The van der Waals surface area contributed by atoms with E-state index in [0.717, 1.165) is 103 Å². The molecular formula is C25H52N4O6S2. The molecule has 2 aliphatic rings. The van der Waals surface area contributed by atoms with E-state index in [1.165, 1.54) is 32.1 Å². The SMILES string of the molecule is CS(=O)(O)(O)/N=C(/CCCCCCCCCCCCC/C(=N/S(C)(=O)(O)O)N1CCCC1)N1CCCC1. The topological polar surface area (TPSA) is 146 Å². The summed E-state index contributed by atoms with van der Waals surface area (Å²) in [6.45, 7) is 3.34. The predicted molar refractivity (Wildman–Crippen MR) is 155 cm³/mol. The van der Waals surface area contributed by atoms with Crippen LogP contribution in [-0.2, 0) is 19.6 Å². The van der Waals surface area contributed by atoms with Crippen molar-refractivity contribution in [1.29, 1.82) is 0 Å². The third-order valence-corrected chi connectivity index (χ3v) is 8.14. The van der Waals surface area contributed by atoms with E-state index < -0.39 is 19.6 Å². The van der Waals surface area contributed by atoms with E-state index in [-0.39, 0.29) is 0 Å². The Morgan fingerprint density at radius 1 is 0.541 bits per heavy atom. The molecule has 0 aromatic heterocycles. The summed E-state index contributed by atoms with van der Waals surface area (Å²) < 4.78 is 70.1. The summed E-state index contributed by atoms with van der Waals surface area (Å²) in [6, 6.07) is 0. The van der Waals surface area contributed by atoms with Crippen LogP contribution in [0.1, 0.15) is 109 Å². The molecule has 2 fully saturated rings. The molecule has 10 nitrogen and oxygen atoms in total. The van der Waals surface area contributed by atoms with Gasteiger partial charge in [-0.1, -0.05) is 57.8 Å². The number of hydrogen-bond acceptors (Lipinski definition) is 2. The fraction of sp³-hybridized carbons (Fsp3) is 0.920. The van der Waals surface area contributed by atoms with Crippen molar-refractivity contribution in [2.24, 2.45) is 8.80 Å². The van der Waals surface area contributed by atoms with Gasteiger partial charge in [0.25, 0.3) is 0 Å². The summed E-state index contributed by atoms with van der Waals surface area (Å²) in [7, 11) is -9.75. The molecule has 0 aromatic carbocycles. The van der Waals surface area contributed by atoms with Gasteiger partial charge in [0.1, 0.15) is 11.7 Å². The van der Waals surface area contributed by atoms with Crippen molar-refractivity contribution in [3.05, 3.63) is 0 Å². The van der Waals surface area contributed by atoms with E-state index in [4.69, 9.17) is 0 Å². The minimum absolute atomic E-state index is 0.566. The molecule has 0 aromatic rings. The van der Waals surface area contributed by atoms with Crippen molar-refractivity contribution < 1.29 is 26.6 Å². The Morgan fingerprint density at radius 2 is 0.784 bits per heavy atom. The predicted octanol–water partition coefficient (Wildman–Crippen LogP) is 5.67. The van der Waals surface area contributed by atoms with Gasteiger partial charge in [-0.15, -0.1) is 0 Å². The first-order chi connectivity index (χ1) is 17.1. The highest BCUT2D eigenvalue weighted by atomic mass is 32.3. The molecule has 12 heteroatoms. The van der Waals surface area contributed by atoms with Gasteiger partial charge >= 0.3 is 0 Å². The Morgan fingerprint density at radius 3 is 1.03 bits per heavy atom. The Bertz CT molecular complexity index is 805. The van der Waals surface area contributed by atoms with E-state index in [2.05, 4.69) is 8.80 Å². The number of rotatable bonds is 16. The average molecular weight is 569 g/mol. The van der Waals surface area contributed by atoms with Crippen LogP contribution in [0.5, 0.6) is 0 Å². The number of nitrogens with zero attached hydrogens (tertiary/aromatic N) is 4. The van der Waals surface area contributed by atoms with Gasteiger partial charge in [0, 0.05) is 39.0 Å². The van der Waals surface area contributed by atoms with E-state index in [0.29, 0.717) is 24.5 Å². The quantitative estimate of drug-likeness (QED) is 0.106. The van der Waals surface area contributed by atoms with Crippen LogP contribution in [-0.4, -0.2) is 86.8 Å². The van der Waals surface area contributed by atoms with Gasteiger partial charge in [0.05, 0.1) is 12.5 Å². The van der Waals surface area contributed by atoms with Gasteiger partial charge in [0.2, 0.25) is 0 Å². The standard InChI is InChI=1S/C25H52N4O6S2/c1-36(30,31,32)26-24(28-20-14-15-21-28)18-12-10-8-6-4-3-5-7-9-11-13-19-25(27-37(2,33,34)35)29-22-16-17-23-29/h3-23H2,1-2H3,(H2,30,31,32)(H2,33,34,35)/b26-24-,27-25-. The van der Waals surface area contributed by atoms with Crippen molar-refractivity contribution >= 4 is 31.3 Å². The van der Waals surface area contributed by atoms with Gasteiger partial charge in [-0.3, -0.25) is 18.2 Å². The first-order valence-electron chi connectivity index (χ1n) is 14.1. The van der Waals surface area contributed by atoms with Crippen LogP contribution in [0.2, 0.25) is 0 Å². The highest BCUT2D eigenvalue weighted by molar-refractivity contribution is 8.08. The van der Waals surface area contributed by atoms with Crippen molar-refractivity contribution in [1.82, 2.24) is 9.80 Å². The van der Waals surface area contributed by atoms with Gasteiger partial charge in [-0.2, -0.15) is 8.80 Å². The first-order valence-corrected chi connectivity index (χ1v) is 18.6. The molecule has 2 aliphatic heterocycles. The van der Waals surface area contributed by atoms with Gasteiger partial charge in [-0.25, -0.2) is 8.42 Å². The van der Waals surface area contributed by atoms with Crippen LogP contribution in [0, 0.1) is 0 Å². The first kappa shape index (κ1) is 32.3. The lowest BCUT2D eigenvalue weighted by Gasteiger charge is -2.26. The number of unbranched alkanes of at least 4 members (excludes halogenated alkanes) is 10. The zero-order chi connectivity index (χ0) is 27.5. The van der Waals surface area contributed by atoms with Crippen LogP contribution in [0.3, 0.4) is 0 Å². The van der Waals surface area contributed by atoms with Crippen molar-refractivity contribution in [3.63, 3.8) is 0 Å². The van der Waals surface area contributed by atoms with E-state index in [9.17, 15) is 26.6 Å². The van der Waals surface area contributed by atoms with Crippen molar-refractivity contribution in [3.8, 4) is 0 Å². The maximum absolute atomic E-state index is 11.9. The molecule has 2 rings (SSSR count). The number of likely N-dealkylation sites (tertiary alicyclic amines) is 2. The summed E-state index contributed by atoms with van der Waals surface area (Å²) in [5.74, 6) is 1.13. The fourth-order valence-electron chi connectivity index (χ4n) is 5.12. The third-order valence-electron chi connectivity index (χ3n) is 6.87. The second-order valence-electron chi connectivity index (χ2n) is 11.2. The van der Waals surface area contributed by atoms with Crippen molar-refractivity contribution in [2.45, 2.75) is 109 Å². The van der Waals surface area contributed by atoms with Gasteiger partial charge in [0.15, 0.2) is 19.6 Å². The normalized spacial score (nSPS) is 20.2. The molecule has 0 saturated carbocycles. The molecule has 0 amide bonds. The van der Waals surface area contributed by atoms with E-state index in [1.807, 2.05) is 9.80 Å². The van der Waals surface area contributed by atoms with Crippen molar-refractivity contribution in [2.75, 3.05) is 38.7 Å². The van der Waals surface area contributed by atoms with Gasteiger partial charge < -0.3 is 9.80 Å². The molecule has 2 heterocycles. The largest absolute Gasteiger partial charge is 0.359 e. The Balaban J connectivity index is 1.52. The molecule has 0 unspecified atom stereocenters. The molecule has 37 heavy (non-hydrogen) atoms. The minimum Gasteiger partial charge on any atom is -0.359 e. The highest BCUT2D eigenvalue weighted by Gasteiger charge is 2.26. The van der Waals surface area contributed by atoms with Crippen LogP contribution >= 0.6 is 0 Å². The van der Waals surface area contributed by atoms with E-state index in [1.54, 1.807) is 0 Å². The smallest absolute Gasteiger partial charge is 0.175 e. The average Bonchev–Trinajstić information content (AvgIpc) is 3.47. The Kier molecular flexibility index (Phi) is 12.2. The summed E-state index contributed by atoms with van der Waals surface area (Å²) in [6.07, 6.45) is 19.4. The lowest BCUT2D eigenvalue weighted by Crippen LogP contribution is -2.34. The second kappa shape index (κ2) is 13.9. The molecule has 2 saturated heterocycles. The molecular weight excluding hydrogens is 516 g/mol. The Labute approximate surface area is 224 Å². The Hall–Kier alpha value is -0.920. The highest BCUT2D eigenvalue weighted by Crippen LogP contribution is 2.22. The van der Waals surface area contributed by atoms with Gasteiger partial charge in [-0.05, 0) is 38.5 Å². The fourth-order valence-corrected chi connectivity index (χ4v) is 6.50. The van der Waals surface area contributed by atoms with Crippen LogP contribution in [0.15, 0.2) is 8.80 Å². The zero-order valence-corrected chi connectivity index (χ0v) is 24.7. The number of amidine groups is 2. The summed E-state index contributed by atoms with van der Waals surface area (Å²) in [4.78, 5) is 4.06. The minimum atomic E-state index is -4.88. The maximum Gasteiger partial charge on any atom is 0.175 e. The lowest BCUT2D eigenvalue weighted by molar-refractivity contribution is 0.395. The molecule has 220 valence electrons. The molecule has 0 aliphatic carbocycles. The zero-order valence-electron chi connectivity index (χ0n) is 23.1. The summed E-state index contributed by atoms with van der Waals surface area (Å²) in [5.41, 5.74) is 0. The van der Waals surface area contributed by atoms with Crippen LogP contribution < -0.4 is 0 Å². The third kappa shape index (κ3) is 15.9. The van der Waals surface area contributed by atoms with Crippen LogP contribution in [0.4, 0.5) is 0 Å². The maximum atomic E-state index is 11.9. The van der Waals surface area contributed by atoms with Crippen LogP contribution in [0.25, 0.3) is 0 Å². The number of hydrogen-bond donors (Lipinski definition) is 4. The summed E-state index contributed by atoms with van der Waals surface area (Å²) >= 11 is 0. The van der Waals surface area contributed by atoms with E-state index >= 15 is 0 Å². The summed E-state index contributed by atoms with van der Waals surface area (Å²) in [5, 5.41) is 0.